The van der Waals surface area contributed by atoms with Crippen LogP contribution in [0, 0.1) is 13.8 Å². The maximum absolute atomic E-state index is 13.4. The van der Waals surface area contributed by atoms with Gasteiger partial charge in [0.15, 0.2) is 0 Å². The number of sulfonamides is 1. The van der Waals surface area contributed by atoms with Gasteiger partial charge in [0.25, 0.3) is 0 Å². The molecule has 7 nitrogen and oxygen atoms in total. The lowest BCUT2D eigenvalue weighted by Crippen LogP contribution is -2.51. The highest BCUT2D eigenvalue weighted by Crippen LogP contribution is 2.22. The molecule has 180 valence electrons. The van der Waals surface area contributed by atoms with Crippen LogP contribution < -0.4 is 9.62 Å². The van der Waals surface area contributed by atoms with E-state index in [1.54, 1.807) is 19.1 Å². The number of nitrogens with one attached hydrogen (secondary N) is 1. The third kappa shape index (κ3) is 7.60. The van der Waals surface area contributed by atoms with Gasteiger partial charge < -0.3 is 10.2 Å². The average Bonchev–Trinajstić information content (AvgIpc) is 2.77. The van der Waals surface area contributed by atoms with E-state index in [-0.39, 0.29) is 19.0 Å². The van der Waals surface area contributed by atoms with Gasteiger partial charge in [0.05, 0.1) is 11.9 Å². The smallest absolute Gasteiger partial charge is 0.244 e. The Morgan fingerprint density at radius 2 is 1.70 bits per heavy atom. The molecule has 0 saturated heterocycles. The molecule has 0 radical (unpaired) electrons. The molecule has 0 fully saturated rings. The highest BCUT2D eigenvalue weighted by Gasteiger charge is 2.30. The van der Waals surface area contributed by atoms with E-state index in [2.05, 4.69) is 5.32 Å². The Morgan fingerprint density at radius 3 is 2.27 bits per heavy atom. The number of nitrogens with zero attached hydrogens (tertiary/aromatic N) is 2. The summed E-state index contributed by atoms with van der Waals surface area (Å²) in [6, 6.07) is 13.9. The van der Waals surface area contributed by atoms with E-state index >= 15 is 0 Å². The Hall–Kier alpha value is -2.87. The fraction of sp³-hybridized carbons (Fsp3) is 0.440. The fourth-order valence-electron chi connectivity index (χ4n) is 3.39. The second kappa shape index (κ2) is 11.8. The van der Waals surface area contributed by atoms with Crippen LogP contribution in [0.1, 0.15) is 43.4 Å². The first kappa shape index (κ1) is 26.4. The number of rotatable bonds is 11. The van der Waals surface area contributed by atoms with Gasteiger partial charge in [0.1, 0.15) is 12.6 Å². The van der Waals surface area contributed by atoms with Crippen molar-refractivity contribution in [1.82, 2.24) is 10.2 Å². The predicted octanol–water partition coefficient (Wildman–Crippen LogP) is 3.40. The van der Waals surface area contributed by atoms with Gasteiger partial charge >= 0.3 is 0 Å². The van der Waals surface area contributed by atoms with Crippen molar-refractivity contribution in [3.05, 3.63) is 65.2 Å². The molecule has 0 bridgehead atoms. The topological polar surface area (TPSA) is 86.8 Å². The summed E-state index contributed by atoms with van der Waals surface area (Å²) in [7, 11) is -3.73. The summed E-state index contributed by atoms with van der Waals surface area (Å²) in [4.78, 5) is 27.6. The minimum absolute atomic E-state index is 0.201. The number of unbranched alkanes of at least 4 members (excludes halogenated alkanes) is 1. The van der Waals surface area contributed by atoms with E-state index in [0.29, 0.717) is 12.2 Å². The summed E-state index contributed by atoms with van der Waals surface area (Å²) < 4.78 is 26.3. The summed E-state index contributed by atoms with van der Waals surface area (Å²) >= 11 is 0. The quantitative estimate of drug-likeness (QED) is 0.507. The number of benzene rings is 2. The zero-order valence-corrected chi connectivity index (χ0v) is 21.0. The summed E-state index contributed by atoms with van der Waals surface area (Å²) in [5.74, 6) is -0.703. The Morgan fingerprint density at radius 1 is 1.03 bits per heavy atom. The van der Waals surface area contributed by atoms with Gasteiger partial charge in [-0.15, -0.1) is 0 Å². The van der Waals surface area contributed by atoms with E-state index in [1.807, 2.05) is 57.2 Å². The van der Waals surface area contributed by atoms with E-state index in [9.17, 15) is 18.0 Å². The molecule has 0 aromatic heterocycles. The Kier molecular flexibility index (Phi) is 9.46. The molecule has 2 aromatic rings. The summed E-state index contributed by atoms with van der Waals surface area (Å²) in [6.45, 7) is 7.88. The zero-order valence-electron chi connectivity index (χ0n) is 20.2. The number of carbonyl (C=O) groups excluding carboxylic acids is 2. The molecule has 33 heavy (non-hydrogen) atoms. The molecule has 1 atom stereocenters. The number of carbonyl (C=O) groups is 2. The standard InChI is InChI=1S/C25H35N3O4S/c1-6-7-15-26-25(30)21(4)27(17-22-11-9-8-10-12-22)24(29)18-28(33(5,31)32)23-14-13-19(2)20(3)16-23/h8-14,16,21H,6-7,15,17-18H2,1-5H3,(H,26,30)/t21-/m0/s1. The molecule has 0 saturated carbocycles. The lowest BCUT2D eigenvalue weighted by molar-refractivity contribution is -0.139. The van der Waals surface area contributed by atoms with Gasteiger partial charge in [-0.25, -0.2) is 8.42 Å². The van der Waals surface area contributed by atoms with Crippen molar-refractivity contribution in [2.45, 2.75) is 53.1 Å². The minimum atomic E-state index is -3.73. The van der Waals surface area contributed by atoms with Crippen molar-refractivity contribution in [2.24, 2.45) is 0 Å². The third-order valence-electron chi connectivity index (χ3n) is 5.65. The van der Waals surface area contributed by atoms with Gasteiger partial charge in [-0.3, -0.25) is 13.9 Å². The molecule has 0 aliphatic heterocycles. The summed E-state index contributed by atoms with van der Waals surface area (Å²) in [6.07, 6.45) is 2.87. The summed E-state index contributed by atoms with van der Waals surface area (Å²) in [5, 5.41) is 2.87. The SMILES string of the molecule is CCCCNC(=O)[C@H](C)N(Cc1ccccc1)C(=O)CN(c1ccc(C)c(C)c1)S(C)(=O)=O. The first-order valence-electron chi connectivity index (χ1n) is 11.2. The lowest BCUT2D eigenvalue weighted by Gasteiger charge is -2.31. The lowest BCUT2D eigenvalue weighted by atomic mass is 10.1. The number of amides is 2. The van der Waals surface area contributed by atoms with Gasteiger partial charge in [-0.1, -0.05) is 49.7 Å². The molecule has 0 spiro atoms. The Labute approximate surface area is 197 Å². The molecule has 0 unspecified atom stereocenters. The minimum Gasteiger partial charge on any atom is -0.354 e. The molecule has 0 aliphatic carbocycles. The number of hydrogen-bond acceptors (Lipinski definition) is 4. The predicted molar refractivity (Wildman–Crippen MR) is 132 cm³/mol. The van der Waals surface area contributed by atoms with Crippen LogP contribution >= 0.6 is 0 Å². The van der Waals surface area contributed by atoms with Crippen LogP contribution in [0.5, 0.6) is 0 Å². The fourth-order valence-corrected chi connectivity index (χ4v) is 4.23. The summed E-state index contributed by atoms with van der Waals surface area (Å²) in [5.41, 5.74) is 3.24. The number of anilines is 1. The first-order valence-corrected chi connectivity index (χ1v) is 13.1. The number of aryl methyl sites for hydroxylation is 2. The van der Waals surface area contributed by atoms with Crippen molar-refractivity contribution in [3.8, 4) is 0 Å². The van der Waals surface area contributed by atoms with Crippen molar-refractivity contribution >= 4 is 27.5 Å². The van der Waals surface area contributed by atoms with E-state index in [1.165, 1.54) is 4.90 Å². The van der Waals surface area contributed by atoms with Crippen LogP contribution in [0.15, 0.2) is 48.5 Å². The van der Waals surface area contributed by atoms with Crippen molar-refractivity contribution in [2.75, 3.05) is 23.7 Å². The molecular weight excluding hydrogens is 438 g/mol. The third-order valence-corrected chi connectivity index (χ3v) is 6.79. The van der Waals surface area contributed by atoms with E-state index in [4.69, 9.17) is 0 Å². The molecule has 2 rings (SSSR count). The molecule has 8 heteroatoms. The normalized spacial score (nSPS) is 12.2. The molecule has 2 amide bonds. The van der Waals surface area contributed by atoms with Gasteiger partial charge in [-0.2, -0.15) is 0 Å². The van der Waals surface area contributed by atoms with Crippen LogP contribution in [0.4, 0.5) is 5.69 Å². The highest BCUT2D eigenvalue weighted by molar-refractivity contribution is 7.92. The average molecular weight is 474 g/mol. The number of hydrogen-bond donors (Lipinski definition) is 1. The van der Waals surface area contributed by atoms with Crippen LogP contribution in [0.25, 0.3) is 0 Å². The first-order chi connectivity index (χ1) is 15.5. The van der Waals surface area contributed by atoms with Gasteiger partial charge in [0, 0.05) is 13.1 Å². The van der Waals surface area contributed by atoms with Crippen molar-refractivity contribution in [1.29, 1.82) is 0 Å². The van der Waals surface area contributed by atoms with E-state index in [0.717, 1.165) is 40.1 Å². The second-order valence-corrected chi connectivity index (χ2v) is 10.3. The second-order valence-electron chi connectivity index (χ2n) is 8.37. The zero-order chi connectivity index (χ0) is 24.6. The van der Waals surface area contributed by atoms with Crippen molar-refractivity contribution < 1.29 is 18.0 Å². The maximum atomic E-state index is 13.4. The van der Waals surface area contributed by atoms with Gasteiger partial charge in [0.2, 0.25) is 21.8 Å². The Bertz CT molecular complexity index is 1050. The highest BCUT2D eigenvalue weighted by atomic mass is 32.2. The molecule has 1 N–H and O–H groups in total. The molecule has 2 aromatic carbocycles. The molecule has 0 heterocycles. The van der Waals surface area contributed by atoms with Crippen LogP contribution in [0.3, 0.4) is 0 Å². The van der Waals surface area contributed by atoms with Crippen molar-refractivity contribution in [3.63, 3.8) is 0 Å². The monoisotopic (exact) mass is 473 g/mol. The van der Waals surface area contributed by atoms with E-state index < -0.39 is 22.0 Å². The van der Waals surface area contributed by atoms with Crippen LogP contribution in [-0.4, -0.2) is 50.5 Å². The molecular formula is C25H35N3O4S. The molecule has 0 aliphatic rings. The maximum Gasteiger partial charge on any atom is 0.244 e. The Balaban J connectivity index is 2.34. The largest absolute Gasteiger partial charge is 0.354 e. The van der Waals surface area contributed by atoms with Crippen LogP contribution in [-0.2, 0) is 26.2 Å². The van der Waals surface area contributed by atoms with Gasteiger partial charge in [-0.05, 0) is 56.0 Å². The van der Waals surface area contributed by atoms with Crippen LogP contribution in [0.2, 0.25) is 0 Å².